The maximum Gasteiger partial charge on any atom is 0.273 e. The zero-order valence-corrected chi connectivity index (χ0v) is 14.0. The molecule has 0 aliphatic rings. The molecule has 3 aromatic heterocycles. The molecule has 0 unspecified atom stereocenters. The summed E-state index contributed by atoms with van der Waals surface area (Å²) in [5.74, 6) is 1.23. The fraction of sp³-hybridized carbons (Fsp3) is 0.250. The van der Waals surface area contributed by atoms with E-state index in [-0.39, 0.29) is 5.56 Å². The second-order valence-corrected chi connectivity index (χ2v) is 6.16. The third-order valence-electron chi connectivity index (χ3n) is 3.39. The van der Waals surface area contributed by atoms with Crippen molar-refractivity contribution in [2.45, 2.75) is 24.8 Å². The number of hydrogen-bond acceptors (Lipinski definition) is 5. The van der Waals surface area contributed by atoms with Crippen molar-refractivity contribution in [3.05, 3.63) is 64.0 Å². The molecule has 0 amide bonds. The highest BCUT2D eigenvalue weighted by Gasteiger charge is 2.11. The lowest BCUT2D eigenvalue weighted by Gasteiger charge is -2.09. The Labute approximate surface area is 138 Å². The quantitative estimate of drug-likeness (QED) is 0.543. The zero-order chi connectivity index (χ0) is 16.4. The molecule has 0 radical (unpaired) electrons. The first-order valence-corrected chi connectivity index (χ1v) is 8.17. The van der Waals surface area contributed by atoms with E-state index in [0.29, 0.717) is 11.6 Å². The van der Waals surface area contributed by atoms with E-state index in [1.807, 2.05) is 49.8 Å². The minimum absolute atomic E-state index is 0.0943. The van der Waals surface area contributed by atoms with E-state index in [9.17, 15) is 4.79 Å². The second kappa shape index (κ2) is 6.37. The highest BCUT2D eigenvalue weighted by atomic mass is 32.2. The highest BCUT2D eigenvalue weighted by molar-refractivity contribution is 7.98. The summed E-state index contributed by atoms with van der Waals surface area (Å²) in [6.07, 6.45) is 1.67. The Morgan fingerprint density at radius 3 is 2.52 bits per heavy atom. The number of thioether (sulfide) groups is 1. The van der Waals surface area contributed by atoms with Crippen LogP contribution in [-0.4, -0.2) is 24.3 Å². The lowest BCUT2D eigenvalue weighted by atomic mass is 10.4. The van der Waals surface area contributed by atoms with Gasteiger partial charge >= 0.3 is 0 Å². The lowest BCUT2D eigenvalue weighted by Crippen LogP contribution is -2.20. The maximum atomic E-state index is 12.2. The summed E-state index contributed by atoms with van der Waals surface area (Å²) in [7, 11) is 1.86. The minimum Gasteiger partial charge on any atom is -0.283 e. The van der Waals surface area contributed by atoms with E-state index in [4.69, 9.17) is 0 Å². The van der Waals surface area contributed by atoms with Crippen molar-refractivity contribution in [3.8, 4) is 5.82 Å². The van der Waals surface area contributed by atoms with Gasteiger partial charge in [-0.05, 0) is 32.0 Å². The first kappa shape index (κ1) is 15.5. The van der Waals surface area contributed by atoms with Crippen LogP contribution in [0.3, 0.4) is 0 Å². The Hall–Kier alpha value is -2.41. The largest absolute Gasteiger partial charge is 0.283 e. The zero-order valence-electron chi connectivity index (χ0n) is 13.2. The Kier molecular flexibility index (Phi) is 4.29. The molecule has 0 atom stereocenters. The number of pyridine rings is 1. The molecule has 3 rings (SSSR count). The summed E-state index contributed by atoms with van der Waals surface area (Å²) < 4.78 is 3.37. The van der Waals surface area contributed by atoms with E-state index >= 15 is 0 Å². The summed E-state index contributed by atoms with van der Waals surface area (Å²) in [6.45, 7) is 3.90. The Bertz CT molecular complexity index is 865. The van der Waals surface area contributed by atoms with Crippen molar-refractivity contribution < 1.29 is 0 Å². The number of rotatable bonds is 4. The molecule has 3 aromatic rings. The van der Waals surface area contributed by atoms with Crippen molar-refractivity contribution in [2.24, 2.45) is 7.05 Å². The van der Waals surface area contributed by atoms with Crippen LogP contribution in [0, 0.1) is 13.8 Å². The fourth-order valence-corrected chi connectivity index (χ4v) is 3.31. The molecule has 0 fully saturated rings. The standard InChI is InChI=1S/C16H17N5OS/c1-11-8-12(2)19-16(18-11)23-10-13-9-15(22)21(20(13)3)14-6-4-5-7-17-14/h4-9H,10H2,1-3H3. The van der Waals surface area contributed by atoms with Crippen molar-refractivity contribution in [3.63, 3.8) is 0 Å². The number of nitrogens with zero attached hydrogens (tertiary/aromatic N) is 5. The molecule has 0 aliphatic carbocycles. The fourth-order valence-electron chi connectivity index (χ4n) is 2.35. The van der Waals surface area contributed by atoms with Crippen LogP contribution in [0.15, 0.2) is 46.5 Å². The van der Waals surface area contributed by atoms with Gasteiger partial charge in [0.25, 0.3) is 5.56 Å². The van der Waals surface area contributed by atoms with Crippen LogP contribution in [0.4, 0.5) is 0 Å². The first-order valence-electron chi connectivity index (χ1n) is 7.19. The predicted molar refractivity (Wildman–Crippen MR) is 89.9 cm³/mol. The molecule has 7 heteroatoms. The summed E-state index contributed by atoms with van der Waals surface area (Å²) in [4.78, 5) is 25.3. The van der Waals surface area contributed by atoms with Crippen LogP contribution in [0.1, 0.15) is 17.1 Å². The Morgan fingerprint density at radius 1 is 1.13 bits per heavy atom. The maximum absolute atomic E-state index is 12.2. The van der Waals surface area contributed by atoms with E-state index in [2.05, 4.69) is 15.0 Å². The number of hydrogen-bond donors (Lipinski definition) is 0. The molecule has 118 valence electrons. The Morgan fingerprint density at radius 2 is 1.87 bits per heavy atom. The lowest BCUT2D eigenvalue weighted by molar-refractivity contribution is 0.616. The van der Waals surface area contributed by atoms with Gasteiger partial charge in [0.1, 0.15) is 0 Å². The van der Waals surface area contributed by atoms with Gasteiger partial charge in [-0.3, -0.25) is 9.48 Å². The number of aryl methyl sites for hydroxylation is 2. The molecule has 0 saturated heterocycles. The van der Waals surface area contributed by atoms with Crippen LogP contribution >= 0.6 is 11.8 Å². The molecule has 0 spiro atoms. The summed E-state index contributed by atoms with van der Waals surface area (Å²) >= 11 is 1.52. The third kappa shape index (κ3) is 3.34. The first-order chi connectivity index (χ1) is 11.0. The van der Waals surface area contributed by atoms with Gasteiger partial charge in [0.2, 0.25) is 0 Å². The van der Waals surface area contributed by atoms with Crippen LogP contribution in [0.2, 0.25) is 0 Å². The van der Waals surface area contributed by atoms with E-state index < -0.39 is 0 Å². The molecule has 23 heavy (non-hydrogen) atoms. The van der Waals surface area contributed by atoms with Crippen LogP contribution < -0.4 is 5.56 Å². The topological polar surface area (TPSA) is 65.6 Å². The molecule has 0 aromatic carbocycles. The van der Waals surface area contributed by atoms with Gasteiger partial charge in [0, 0.05) is 36.5 Å². The van der Waals surface area contributed by atoms with Crippen LogP contribution in [0.25, 0.3) is 5.82 Å². The SMILES string of the molecule is Cc1cc(C)nc(SCc2cc(=O)n(-c3ccccn3)n2C)n1. The van der Waals surface area contributed by atoms with Crippen molar-refractivity contribution >= 4 is 11.8 Å². The van der Waals surface area contributed by atoms with Crippen molar-refractivity contribution in [1.29, 1.82) is 0 Å². The summed E-state index contributed by atoms with van der Waals surface area (Å²) in [5.41, 5.74) is 2.69. The summed E-state index contributed by atoms with van der Waals surface area (Å²) in [5, 5.41) is 0.723. The van der Waals surface area contributed by atoms with Gasteiger partial charge in [0.15, 0.2) is 11.0 Å². The molecule has 6 nitrogen and oxygen atoms in total. The number of aromatic nitrogens is 5. The van der Waals surface area contributed by atoms with Gasteiger partial charge in [-0.15, -0.1) is 0 Å². The van der Waals surface area contributed by atoms with Crippen molar-refractivity contribution in [2.75, 3.05) is 0 Å². The van der Waals surface area contributed by atoms with Gasteiger partial charge < -0.3 is 0 Å². The molecule has 0 aliphatic heterocycles. The summed E-state index contributed by atoms with van der Waals surface area (Å²) in [6, 6.07) is 9.07. The normalized spacial score (nSPS) is 10.9. The van der Waals surface area contributed by atoms with Gasteiger partial charge in [0.05, 0.1) is 5.69 Å². The van der Waals surface area contributed by atoms with Crippen LogP contribution in [-0.2, 0) is 12.8 Å². The van der Waals surface area contributed by atoms with E-state index in [1.54, 1.807) is 16.9 Å². The minimum atomic E-state index is -0.0943. The molecule has 0 saturated carbocycles. The highest BCUT2D eigenvalue weighted by Crippen LogP contribution is 2.19. The monoisotopic (exact) mass is 327 g/mol. The molecule has 0 bridgehead atoms. The van der Waals surface area contributed by atoms with Gasteiger partial charge in [-0.25, -0.2) is 15.0 Å². The molecular weight excluding hydrogens is 310 g/mol. The van der Waals surface area contributed by atoms with Gasteiger partial charge in [-0.1, -0.05) is 17.8 Å². The van der Waals surface area contributed by atoms with Crippen molar-refractivity contribution in [1.82, 2.24) is 24.3 Å². The Balaban J connectivity index is 1.86. The molecule has 3 heterocycles. The smallest absolute Gasteiger partial charge is 0.273 e. The van der Waals surface area contributed by atoms with E-state index in [1.165, 1.54) is 11.8 Å². The second-order valence-electron chi connectivity index (χ2n) is 5.22. The predicted octanol–water partition coefficient (Wildman–Crippen LogP) is 2.27. The third-order valence-corrected chi connectivity index (χ3v) is 4.27. The average Bonchev–Trinajstić information content (AvgIpc) is 2.79. The van der Waals surface area contributed by atoms with E-state index in [0.717, 1.165) is 22.2 Å². The molecular formula is C16H17N5OS. The average molecular weight is 327 g/mol. The van der Waals surface area contributed by atoms with Crippen LogP contribution in [0.5, 0.6) is 0 Å². The van der Waals surface area contributed by atoms with Gasteiger partial charge in [-0.2, -0.15) is 4.68 Å². The molecule has 0 N–H and O–H groups in total.